The summed E-state index contributed by atoms with van der Waals surface area (Å²) in [5.74, 6) is 0.670. The summed E-state index contributed by atoms with van der Waals surface area (Å²) in [6.07, 6.45) is 3.47. The molecule has 0 aromatic heterocycles. The average Bonchev–Trinajstić information content (AvgIpc) is 2.14. The first-order chi connectivity index (χ1) is 7.66. The number of hydrogen-bond donors (Lipinski definition) is 1. The summed E-state index contributed by atoms with van der Waals surface area (Å²) in [6, 6.07) is 6.63. The van der Waals surface area contributed by atoms with E-state index in [4.69, 9.17) is 5.73 Å². The first kappa shape index (κ1) is 11.3. The van der Waals surface area contributed by atoms with Crippen molar-refractivity contribution in [1.29, 1.82) is 0 Å². The van der Waals surface area contributed by atoms with E-state index in [0.717, 1.165) is 18.4 Å². The minimum atomic E-state index is -2.78. The fourth-order valence-electron chi connectivity index (χ4n) is 1.97. The number of ether oxygens (including phenoxy) is 1. The van der Waals surface area contributed by atoms with Gasteiger partial charge in [0.2, 0.25) is 0 Å². The Bertz CT molecular complexity index is 353. The maximum atomic E-state index is 12.0. The van der Waals surface area contributed by atoms with Crippen molar-refractivity contribution in [3.05, 3.63) is 29.8 Å². The zero-order valence-electron chi connectivity index (χ0n) is 8.90. The van der Waals surface area contributed by atoms with Crippen LogP contribution in [0, 0.1) is 5.92 Å². The highest BCUT2D eigenvalue weighted by Gasteiger charge is 2.25. The Kier molecular flexibility index (Phi) is 3.39. The predicted octanol–water partition coefficient (Wildman–Crippen LogP) is 3.09. The highest BCUT2D eigenvalue weighted by molar-refractivity contribution is 5.31. The monoisotopic (exact) mass is 227 g/mol. The van der Waals surface area contributed by atoms with Gasteiger partial charge in [0.05, 0.1) is 0 Å². The molecule has 1 aliphatic rings. The summed E-state index contributed by atoms with van der Waals surface area (Å²) < 4.78 is 28.4. The first-order valence-electron chi connectivity index (χ1n) is 5.47. The minimum absolute atomic E-state index is 0.0602. The van der Waals surface area contributed by atoms with E-state index in [2.05, 4.69) is 4.74 Å². The highest BCUT2D eigenvalue weighted by Crippen LogP contribution is 2.36. The second-order valence-electron chi connectivity index (χ2n) is 4.17. The van der Waals surface area contributed by atoms with Gasteiger partial charge in [-0.3, -0.25) is 0 Å². The molecule has 2 N–H and O–H groups in total. The summed E-state index contributed by atoms with van der Waals surface area (Å²) in [4.78, 5) is 0. The molecule has 1 atom stereocenters. The SMILES string of the molecule is N[C@H](c1cccc(OC(F)F)c1)C1CCC1. The normalized spacial score (nSPS) is 18.2. The van der Waals surface area contributed by atoms with E-state index in [1.54, 1.807) is 12.1 Å². The van der Waals surface area contributed by atoms with Gasteiger partial charge in [0.1, 0.15) is 5.75 Å². The van der Waals surface area contributed by atoms with Crippen LogP contribution in [0.4, 0.5) is 8.78 Å². The number of rotatable bonds is 4. The van der Waals surface area contributed by atoms with E-state index < -0.39 is 6.61 Å². The third kappa shape index (κ3) is 2.50. The molecule has 16 heavy (non-hydrogen) atoms. The van der Waals surface area contributed by atoms with Crippen LogP contribution >= 0.6 is 0 Å². The summed E-state index contributed by atoms with van der Waals surface area (Å²) in [5.41, 5.74) is 6.93. The van der Waals surface area contributed by atoms with Gasteiger partial charge in [-0.15, -0.1) is 0 Å². The van der Waals surface area contributed by atoms with Crippen molar-refractivity contribution in [3.63, 3.8) is 0 Å². The second-order valence-corrected chi connectivity index (χ2v) is 4.17. The number of alkyl halides is 2. The van der Waals surface area contributed by atoms with Crippen molar-refractivity contribution in [3.8, 4) is 5.75 Å². The van der Waals surface area contributed by atoms with Crippen LogP contribution in [-0.2, 0) is 0 Å². The second kappa shape index (κ2) is 4.78. The third-order valence-corrected chi connectivity index (χ3v) is 3.13. The lowest BCUT2D eigenvalue weighted by Gasteiger charge is -2.31. The number of halogens is 2. The lowest BCUT2D eigenvalue weighted by Crippen LogP contribution is -2.26. The molecule has 2 rings (SSSR count). The summed E-state index contributed by atoms with van der Waals surface area (Å²) >= 11 is 0. The van der Waals surface area contributed by atoms with Crippen molar-refractivity contribution < 1.29 is 13.5 Å². The molecule has 0 radical (unpaired) electrons. The van der Waals surface area contributed by atoms with Crippen molar-refractivity contribution in [1.82, 2.24) is 0 Å². The zero-order chi connectivity index (χ0) is 11.5. The van der Waals surface area contributed by atoms with Crippen molar-refractivity contribution >= 4 is 0 Å². The quantitative estimate of drug-likeness (QED) is 0.857. The Hall–Kier alpha value is -1.16. The van der Waals surface area contributed by atoms with Crippen LogP contribution in [0.2, 0.25) is 0 Å². The average molecular weight is 227 g/mol. The lowest BCUT2D eigenvalue weighted by molar-refractivity contribution is -0.0499. The zero-order valence-corrected chi connectivity index (χ0v) is 8.90. The molecule has 88 valence electrons. The number of benzene rings is 1. The molecule has 4 heteroatoms. The first-order valence-corrected chi connectivity index (χ1v) is 5.47. The van der Waals surface area contributed by atoms with Crippen LogP contribution < -0.4 is 10.5 Å². The predicted molar refractivity (Wildman–Crippen MR) is 57.3 cm³/mol. The maximum absolute atomic E-state index is 12.0. The van der Waals surface area contributed by atoms with Crippen LogP contribution in [0.1, 0.15) is 30.9 Å². The summed E-state index contributed by atoms with van der Waals surface area (Å²) in [7, 11) is 0. The molecule has 1 aromatic carbocycles. The van der Waals surface area contributed by atoms with Gasteiger partial charge in [0.15, 0.2) is 0 Å². The molecule has 0 bridgehead atoms. The Morgan fingerprint density at radius 2 is 2.06 bits per heavy atom. The molecule has 0 saturated heterocycles. The molecular weight excluding hydrogens is 212 g/mol. The van der Waals surface area contributed by atoms with E-state index in [9.17, 15) is 8.78 Å². The van der Waals surface area contributed by atoms with Gasteiger partial charge >= 0.3 is 6.61 Å². The molecular formula is C12H15F2NO. The molecule has 1 saturated carbocycles. The topological polar surface area (TPSA) is 35.2 Å². The van der Waals surface area contributed by atoms with E-state index in [-0.39, 0.29) is 11.8 Å². The van der Waals surface area contributed by atoms with Crippen molar-refractivity contribution in [2.75, 3.05) is 0 Å². The van der Waals surface area contributed by atoms with Gasteiger partial charge in [-0.1, -0.05) is 18.6 Å². The molecule has 0 spiro atoms. The van der Waals surface area contributed by atoms with E-state index >= 15 is 0 Å². The molecule has 0 heterocycles. The maximum Gasteiger partial charge on any atom is 0.387 e. The molecule has 0 amide bonds. The van der Waals surface area contributed by atoms with Gasteiger partial charge in [-0.05, 0) is 36.5 Å². The Balaban J connectivity index is 2.08. The Labute approximate surface area is 93.4 Å². The van der Waals surface area contributed by atoms with Gasteiger partial charge in [0, 0.05) is 6.04 Å². The van der Waals surface area contributed by atoms with Crippen LogP contribution in [0.5, 0.6) is 5.75 Å². The van der Waals surface area contributed by atoms with E-state index in [1.807, 2.05) is 6.07 Å². The highest BCUT2D eigenvalue weighted by atomic mass is 19.3. The molecule has 1 fully saturated rings. The van der Waals surface area contributed by atoms with Gasteiger partial charge in [0.25, 0.3) is 0 Å². The molecule has 2 nitrogen and oxygen atoms in total. The number of hydrogen-bond acceptors (Lipinski definition) is 2. The molecule has 1 aliphatic carbocycles. The molecule has 1 aromatic rings. The fraction of sp³-hybridized carbons (Fsp3) is 0.500. The largest absolute Gasteiger partial charge is 0.435 e. The summed E-state index contributed by atoms with van der Waals surface area (Å²) in [6.45, 7) is -2.78. The lowest BCUT2D eigenvalue weighted by atomic mass is 9.77. The smallest absolute Gasteiger partial charge is 0.387 e. The van der Waals surface area contributed by atoms with Crippen LogP contribution in [0.25, 0.3) is 0 Å². The van der Waals surface area contributed by atoms with Gasteiger partial charge in [-0.2, -0.15) is 8.78 Å². The van der Waals surface area contributed by atoms with E-state index in [1.165, 1.54) is 12.5 Å². The van der Waals surface area contributed by atoms with E-state index in [0.29, 0.717) is 5.92 Å². The third-order valence-electron chi connectivity index (χ3n) is 3.13. The molecule has 0 aliphatic heterocycles. The Morgan fingerprint density at radius 1 is 1.31 bits per heavy atom. The van der Waals surface area contributed by atoms with Crippen LogP contribution in [-0.4, -0.2) is 6.61 Å². The summed E-state index contributed by atoms with van der Waals surface area (Å²) in [5, 5.41) is 0. The minimum Gasteiger partial charge on any atom is -0.435 e. The van der Waals surface area contributed by atoms with Crippen LogP contribution in [0.15, 0.2) is 24.3 Å². The van der Waals surface area contributed by atoms with Crippen molar-refractivity contribution in [2.24, 2.45) is 11.7 Å². The molecule has 0 unspecified atom stereocenters. The fourth-order valence-corrected chi connectivity index (χ4v) is 1.97. The van der Waals surface area contributed by atoms with Crippen molar-refractivity contribution in [2.45, 2.75) is 31.9 Å². The van der Waals surface area contributed by atoms with Crippen LogP contribution in [0.3, 0.4) is 0 Å². The van der Waals surface area contributed by atoms with Gasteiger partial charge in [-0.25, -0.2) is 0 Å². The van der Waals surface area contributed by atoms with Gasteiger partial charge < -0.3 is 10.5 Å². The number of nitrogens with two attached hydrogens (primary N) is 1. The standard InChI is InChI=1S/C12H15F2NO/c13-12(14)16-10-6-2-5-9(7-10)11(15)8-3-1-4-8/h2,5-8,11-12H,1,3-4,15H2/t11-/m0/s1. The Morgan fingerprint density at radius 3 is 2.62 bits per heavy atom.